The Morgan fingerprint density at radius 3 is 2.55 bits per heavy atom. The molecule has 1 fully saturated rings. The van der Waals surface area contributed by atoms with Crippen LogP contribution in [0.4, 0.5) is 5.69 Å². The first-order chi connectivity index (χ1) is 16.1. The van der Waals surface area contributed by atoms with Crippen LogP contribution in [0.2, 0.25) is 0 Å². The third kappa shape index (κ3) is 4.36. The third-order valence-corrected chi connectivity index (χ3v) is 6.40. The van der Waals surface area contributed by atoms with E-state index in [2.05, 4.69) is 42.7 Å². The molecule has 3 aromatic carbocycles. The fourth-order valence-corrected chi connectivity index (χ4v) is 4.62. The molecule has 33 heavy (non-hydrogen) atoms. The smallest absolute Gasteiger partial charge is 0.227 e. The zero-order valence-electron chi connectivity index (χ0n) is 19.2. The summed E-state index contributed by atoms with van der Waals surface area (Å²) >= 11 is 0. The number of hydrogen-bond donors (Lipinski definition) is 0. The Kier molecular flexibility index (Phi) is 5.86. The molecule has 5 heteroatoms. The van der Waals surface area contributed by atoms with E-state index in [1.807, 2.05) is 53.4 Å². The highest BCUT2D eigenvalue weighted by Gasteiger charge is 2.34. The molecule has 168 valence electrons. The van der Waals surface area contributed by atoms with Crippen molar-refractivity contribution in [3.05, 3.63) is 89.7 Å². The fourth-order valence-electron chi connectivity index (χ4n) is 4.62. The third-order valence-electron chi connectivity index (χ3n) is 6.40. The van der Waals surface area contributed by atoms with Crippen molar-refractivity contribution < 1.29 is 9.53 Å². The molecule has 1 aromatic heterocycles. The van der Waals surface area contributed by atoms with Crippen LogP contribution in [0.3, 0.4) is 0 Å². The summed E-state index contributed by atoms with van der Waals surface area (Å²) in [5.41, 5.74) is 5.39. The van der Waals surface area contributed by atoms with Crippen LogP contribution < -0.4 is 9.64 Å². The zero-order valence-corrected chi connectivity index (χ0v) is 19.2. The van der Waals surface area contributed by atoms with Gasteiger partial charge in [-0.15, -0.1) is 0 Å². The average Bonchev–Trinajstić information content (AvgIpc) is 3.39. The van der Waals surface area contributed by atoms with E-state index in [1.54, 1.807) is 0 Å². The van der Waals surface area contributed by atoms with Gasteiger partial charge < -0.3 is 14.2 Å². The highest BCUT2D eigenvalue weighted by Crippen LogP contribution is 2.33. The highest BCUT2D eigenvalue weighted by molar-refractivity contribution is 5.96. The number of benzene rings is 3. The maximum Gasteiger partial charge on any atom is 0.227 e. The molecule has 1 aliphatic heterocycles. The van der Waals surface area contributed by atoms with Gasteiger partial charge >= 0.3 is 0 Å². The van der Waals surface area contributed by atoms with Gasteiger partial charge in [0.2, 0.25) is 5.91 Å². The molecule has 5 nitrogen and oxygen atoms in total. The van der Waals surface area contributed by atoms with Crippen molar-refractivity contribution in [3.63, 3.8) is 0 Å². The van der Waals surface area contributed by atoms with E-state index >= 15 is 0 Å². The van der Waals surface area contributed by atoms with Gasteiger partial charge in [-0.3, -0.25) is 4.79 Å². The van der Waals surface area contributed by atoms with Crippen molar-refractivity contribution in [2.45, 2.75) is 39.2 Å². The molecule has 1 aliphatic rings. The molecule has 1 atom stereocenters. The van der Waals surface area contributed by atoms with Gasteiger partial charge in [0.05, 0.1) is 17.6 Å². The Bertz CT molecular complexity index is 1280. The summed E-state index contributed by atoms with van der Waals surface area (Å²) in [6.07, 6.45) is 1.35. The van der Waals surface area contributed by atoms with Crippen LogP contribution >= 0.6 is 0 Å². The Balaban J connectivity index is 1.35. The van der Waals surface area contributed by atoms with Crippen molar-refractivity contribution in [1.82, 2.24) is 9.55 Å². The zero-order chi connectivity index (χ0) is 22.8. The summed E-state index contributed by atoms with van der Waals surface area (Å²) in [5.74, 6) is 2.16. The van der Waals surface area contributed by atoms with E-state index in [1.165, 1.54) is 5.56 Å². The molecule has 0 N–H and O–H groups in total. The van der Waals surface area contributed by atoms with E-state index < -0.39 is 0 Å². The average molecular weight is 440 g/mol. The number of anilines is 1. The van der Waals surface area contributed by atoms with Gasteiger partial charge in [0.15, 0.2) is 0 Å². The number of fused-ring (bicyclic) bond motifs is 1. The molecule has 5 rings (SSSR count). The number of rotatable bonds is 7. The lowest BCUT2D eigenvalue weighted by atomic mass is 10.1. The van der Waals surface area contributed by atoms with Gasteiger partial charge in [-0.2, -0.15) is 0 Å². The molecule has 0 aliphatic carbocycles. The maximum absolute atomic E-state index is 12.9. The molecule has 0 spiro atoms. The lowest BCUT2D eigenvalue weighted by Gasteiger charge is -2.18. The summed E-state index contributed by atoms with van der Waals surface area (Å²) in [6.45, 7) is 6.22. The minimum Gasteiger partial charge on any atom is -0.493 e. The van der Waals surface area contributed by atoms with Gasteiger partial charge in [0.1, 0.15) is 11.6 Å². The lowest BCUT2D eigenvalue weighted by molar-refractivity contribution is -0.117. The number of ether oxygens (including phenoxy) is 1. The molecule has 0 radical (unpaired) electrons. The van der Waals surface area contributed by atoms with Crippen molar-refractivity contribution >= 4 is 22.6 Å². The summed E-state index contributed by atoms with van der Waals surface area (Å²) in [5, 5.41) is 0. The Morgan fingerprint density at radius 1 is 0.970 bits per heavy atom. The second-order valence-corrected chi connectivity index (χ2v) is 8.82. The number of imidazole rings is 1. The van der Waals surface area contributed by atoms with E-state index in [0.29, 0.717) is 19.6 Å². The first-order valence-electron chi connectivity index (χ1n) is 11.6. The monoisotopic (exact) mass is 439 g/mol. The molecule has 2 heterocycles. The van der Waals surface area contributed by atoms with Gasteiger partial charge in [-0.1, -0.05) is 48.0 Å². The topological polar surface area (TPSA) is 47.4 Å². The van der Waals surface area contributed by atoms with Crippen LogP contribution in [0.15, 0.2) is 72.8 Å². The number of aryl methyl sites for hydroxylation is 3. The molecule has 0 saturated carbocycles. The van der Waals surface area contributed by atoms with E-state index in [9.17, 15) is 4.79 Å². The molecule has 0 bridgehead atoms. The lowest BCUT2D eigenvalue weighted by Crippen LogP contribution is -2.24. The van der Waals surface area contributed by atoms with Gasteiger partial charge in [-0.05, 0) is 56.2 Å². The van der Waals surface area contributed by atoms with Crippen LogP contribution in [-0.2, 0) is 11.3 Å². The first-order valence-corrected chi connectivity index (χ1v) is 11.6. The number of aromatic nitrogens is 2. The molecule has 1 amide bonds. The molecular weight excluding hydrogens is 410 g/mol. The second kappa shape index (κ2) is 9.10. The van der Waals surface area contributed by atoms with Crippen LogP contribution in [-0.4, -0.2) is 28.6 Å². The summed E-state index contributed by atoms with van der Waals surface area (Å²) in [4.78, 5) is 19.8. The maximum atomic E-state index is 12.9. The molecular formula is C28H29N3O2. The van der Waals surface area contributed by atoms with Crippen molar-refractivity contribution in [3.8, 4) is 5.75 Å². The van der Waals surface area contributed by atoms with Gasteiger partial charge in [-0.25, -0.2) is 4.98 Å². The van der Waals surface area contributed by atoms with E-state index in [4.69, 9.17) is 9.72 Å². The predicted octanol–water partition coefficient (Wildman–Crippen LogP) is 5.64. The molecule has 1 unspecified atom stereocenters. The van der Waals surface area contributed by atoms with Crippen LogP contribution in [0, 0.1) is 13.8 Å². The predicted molar refractivity (Wildman–Crippen MR) is 132 cm³/mol. The van der Waals surface area contributed by atoms with Crippen molar-refractivity contribution in [2.75, 3.05) is 18.1 Å². The minimum absolute atomic E-state index is 0.0727. The summed E-state index contributed by atoms with van der Waals surface area (Å²) in [7, 11) is 0. The number of para-hydroxylation sites is 3. The number of nitrogens with zero attached hydrogens (tertiary/aromatic N) is 3. The van der Waals surface area contributed by atoms with Crippen molar-refractivity contribution in [2.24, 2.45) is 0 Å². The van der Waals surface area contributed by atoms with Crippen molar-refractivity contribution in [1.29, 1.82) is 0 Å². The summed E-state index contributed by atoms with van der Waals surface area (Å²) in [6, 6.07) is 24.5. The van der Waals surface area contributed by atoms with Gasteiger partial charge in [0, 0.05) is 31.1 Å². The molecule has 4 aromatic rings. The largest absolute Gasteiger partial charge is 0.493 e. The van der Waals surface area contributed by atoms with Gasteiger partial charge in [0.25, 0.3) is 0 Å². The SMILES string of the molecule is Cc1ccc(N2CC(c3nc4ccccc4n3CCCOc3ccccc3C)CC2=O)cc1. The fraction of sp³-hybridized carbons (Fsp3) is 0.286. The van der Waals surface area contributed by atoms with Crippen LogP contribution in [0.1, 0.15) is 35.7 Å². The van der Waals surface area contributed by atoms with E-state index in [0.717, 1.165) is 46.8 Å². The van der Waals surface area contributed by atoms with Crippen LogP contribution in [0.25, 0.3) is 11.0 Å². The van der Waals surface area contributed by atoms with Crippen LogP contribution in [0.5, 0.6) is 5.75 Å². The van der Waals surface area contributed by atoms with E-state index in [-0.39, 0.29) is 11.8 Å². The Morgan fingerprint density at radius 2 is 1.73 bits per heavy atom. The number of carbonyl (C=O) groups excluding carboxylic acids is 1. The number of hydrogen-bond acceptors (Lipinski definition) is 3. The summed E-state index contributed by atoms with van der Waals surface area (Å²) < 4.78 is 8.30. The minimum atomic E-state index is 0.0727. The Hall–Kier alpha value is -3.60. The number of amides is 1. The normalized spacial score (nSPS) is 16.0. The standard InChI is InChI=1S/C28H29N3O2/c1-20-12-14-23(15-13-20)31-19-22(18-27(31)32)28-29-24-9-4-5-10-25(24)30(28)16-7-17-33-26-11-6-3-8-21(26)2/h3-6,8-15,22H,7,16-19H2,1-2H3. The Labute approximate surface area is 194 Å². The quantitative estimate of drug-likeness (QED) is 0.350. The number of carbonyl (C=O) groups is 1. The first kappa shape index (κ1) is 21.3. The second-order valence-electron chi connectivity index (χ2n) is 8.82. The highest BCUT2D eigenvalue weighted by atomic mass is 16.5. The molecule has 1 saturated heterocycles.